The zero-order valence-electron chi connectivity index (χ0n) is 16.0. The minimum absolute atomic E-state index is 0.0529. The molecular formula is C22H25N5O. The van der Waals surface area contributed by atoms with E-state index in [4.69, 9.17) is 5.26 Å². The van der Waals surface area contributed by atoms with Crippen LogP contribution in [0.15, 0.2) is 42.7 Å². The molecular weight excluding hydrogens is 350 g/mol. The largest absolute Gasteiger partial charge is 0.335 e. The maximum atomic E-state index is 12.7. The lowest BCUT2D eigenvalue weighted by Crippen LogP contribution is -2.53. The Labute approximate surface area is 165 Å². The van der Waals surface area contributed by atoms with Crippen molar-refractivity contribution in [1.29, 1.82) is 5.26 Å². The minimum atomic E-state index is 0.0529. The van der Waals surface area contributed by atoms with Crippen molar-refractivity contribution in [3.63, 3.8) is 0 Å². The van der Waals surface area contributed by atoms with Crippen molar-refractivity contribution in [1.82, 2.24) is 20.1 Å². The van der Waals surface area contributed by atoms with Crippen molar-refractivity contribution in [2.24, 2.45) is 0 Å². The van der Waals surface area contributed by atoms with E-state index in [1.165, 1.54) is 11.1 Å². The van der Waals surface area contributed by atoms with Gasteiger partial charge in [-0.1, -0.05) is 24.3 Å². The van der Waals surface area contributed by atoms with Crippen LogP contribution in [-0.4, -0.2) is 53.0 Å². The van der Waals surface area contributed by atoms with Crippen LogP contribution in [0.4, 0.5) is 4.79 Å². The van der Waals surface area contributed by atoms with Gasteiger partial charge in [-0.25, -0.2) is 4.79 Å². The third-order valence-electron chi connectivity index (χ3n) is 5.66. The van der Waals surface area contributed by atoms with E-state index in [-0.39, 0.29) is 12.1 Å². The number of hydrogen-bond acceptors (Lipinski definition) is 4. The molecule has 1 aliphatic carbocycles. The number of carbonyl (C=O) groups excluding carboxylic acids is 1. The van der Waals surface area contributed by atoms with Crippen LogP contribution >= 0.6 is 0 Å². The van der Waals surface area contributed by atoms with Crippen LogP contribution in [0.1, 0.15) is 28.7 Å². The summed E-state index contributed by atoms with van der Waals surface area (Å²) in [6.07, 6.45) is 6.34. The lowest BCUT2D eigenvalue weighted by molar-refractivity contribution is 0.132. The second kappa shape index (κ2) is 8.41. The number of rotatable bonds is 3. The van der Waals surface area contributed by atoms with Gasteiger partial charge in [0.25, 0.3) is 0 Å². The Morgan fingerprint density at radius 1 is 1.18 bits per heavy atom. The molecule has 1 atom stereocenters. The number of amides is 2. The van der Waals surface area contributed by atoms with E-state index in [0.29, 0.717) is 5.56 Å². The summed E-state index contributed by atoms with van der Waals surface area (Å²) in [5.74, 6) is 0. The fraction of sp³-hybridized carbons (Fsp3) is 0.409. The molecule has 4 rings (SSSR count). The lowest BCUT2D eigenvalue weighted by Gasteiger charge is -2.36. The SMILES string of the molecule is N#Cc1cncc(CN2CCN(C(=O)NC3CCc4ccccc4C3)CC2)c1. The van der Waals surface area contributed by atoms with Gasteiger partial charge in [0.1, 0.15) is 6.07 Å². The Balaban J connectivity index is 1.26. The Morgan fingerprint density at radius 3 is 2.75 bits per heavy atom. The average Bonchev–Trinajstić information content (AvgIpc) is 2.74. The van der Waals surface area contributed by atoms with Crippen molar-refractivity contribution >= 4 is 6.03 Å². The smallest absolute Gasteiger partial charge is 0.317 e. The number of hydrogen-bond donors (Lipinski definition) is 1. The van der Waals surface area contributed by atoms with Gasteiger partial charge in [0, 0.05) is 51.2 Å². The summed E-state index contributed by atoms with van der Waals surface area (Å²) in [5.41, 5.74) is 4.40. The van der Waals surface area contributed by atoms with Gasteiger partial charge in [0.2, 0.25) is 0 Å². The molecule has 6 heteroatoms. The molecule has 144 valence electrons. The molecule has 2 amide bonds. The molecule has 28 heavy (non-hydrogen) atoms. The van der Waals surface area contributed by atoms with Crippen molar-refractivity contribution in [2.45, 2.75) is 31.8 Å². The Morgan fingerprint density at radius 2 is 1.96 bits per heavy atom. The van der Waals surface area contributed by atoms with E-state index in [1.807, 2.05) is 11.0 Å². The van der Waals surface area contributed by atoms with Crippen LogP contribution in [0.3, 0.4) is 0 Å². The van der Waals surface area contributed by atoms with E-state index in [2.05, 4.69) is 45.5 Å². The highest BCUT2D eigenvalue weighted by Crippen LogP contribution is 2.21. The number of carbonyl (C=O) groups is 1. The zero-order chi connectivity index (χ0) is 19.3. The molecule has 0 spiro atoms. The maximum Gasteiger partial charge on any atom is 0.317 e. The molecule has 1 aromatic heterocycles. The molecule has 2 aromatic rings. The molecule has 1 saturated heterocycles. The second-order valence-electron chi connectivity index (χ2n) is 7.61. The summed E-state index contributed by atoms with van der Waals surface area (Å²) in [6.45, 7) is 3.87. The predicted octanol–water partition coefficient (Wildman–Crippen LogP) is 2.34. The summed E-state index contributed by atoms with van der Waals surface area (Å²) in [7, 11) is 0. The molecule has 1 unspecified atom stereocenters. The van der Waals surface area contributed by atoms with E-state index in [0.717, 1.165) is 57.5 Å². The summed E-state index contributed by atoms with van der Waals surface area (Å²) in [6, 6.07) is 12.8. The molecule has 0 radical (unpaired) electrons. The Kier molecular flexibility index (Phi) is 5.54. The number of aromatic nitrogens is 1. The third-order valence-corrected chi connectivity index (χ3v) is 5.66. The van der Waals surface area contributed by atoms with Gasteiger partial charge in [-0.3, -0.25) is 9.88 Å². The number of nitriles is 1. The highest BCUT2D eigenvalue weighted by Gasteiger charge is 2.25. The summed E-state index contributed by atoms with van der Waals surface area (Å²) in [4.78, 5) is 21.0. The summed E-state index contributed by atoms with van der Waals surface area (Å²) >= 11 is 0. The van der Waals surface area contributed by atoms with Crippen LogP contribution in [0.2, 0.25) is 0 Å². The fourth-order valence-electron chi connectivity index (χ4n) is 4.09. The third kappa shape index (κ3) is 4.32. The van der Waals surface area contributed by atoms with Gasteiger partial charge in [0.05, 0.1) is 5.56 Å². The number of piperazine rings is 1. The van der Waals surface area contributed by atoms with Gasteiger partial charge < -0.3 is 10.2 Å². The normalized spacial score (nSPS) is 19.5. The zero-order valence-corrected chi connectivity index (χ0v) is 16.0. The summed E-state index contributed by atoms with van der Waals surface area (Å²) in [5, 5.41) is 12.2. The number of pyridine rings is 1. The molecule has 1 aliphatic heterocycles. The number of aryl methyl sites for hydroxylation is 1. The number of urea groups is 1. The van der Waals surface area contributed by atoms with Crippen molar-refractivity contribution < 1.29 is 4.79 Å². The van der Waals surface area contributed by atoms with Crippen molar-refractivity contribution in [2.75, 3.05) is 26.2 Å². The van der Waals surface area contributed by atoms with Crippen LogP contribution in [0.5, 0.6) is 0 Å². The molecule has 1 aromatic carbocycles. The first-order chi connectivity index (χ1) is 13.7. The molecule has 2 heterocycles. The monoisotopic (exact) mass is 375 g/mol. The van der Waals surface area contributed by atoms with Gasteiger partial charge in [-0.05, 0) is 42.0 Å². The van der Waals surface area contributed by atoms with Crippen LogP contribution in [0, 0.1) is 11.3 Å². The van der Waals surface area contributed by atoms with Gasteiger partial charge >= 0.3 is 6.03 Å². The molecule has 6 nitrogen and oxygen atoms in total. The maximum absolute atomic E-state index is 12.7. The Bertz CT molecular complexity index is 882. The molecule has 1 N–H and O–H groups in total. The van der Waals surface area contributed by atoms with Crippen LogP contribution in [-0.2, 0) is 19.4 Å². The number of nitrogens with zero attached hydrogens (tertiary/aromatic N) is 4. The van der Waals surface area contributed by atoms with E-state index in [9.17, 15) is 4.79 Å². The van der Waals surface area contributed by atoms with Gasteiger partial charge in [-0.2, -0.15) is 5.26 Å². The highest BCUT2D eigenvalue weighted by molar-refractivity contribution is 5.74. The number of fused-ring (bicyclic) bond motifs is 1. The van der Waals surface area contributed by atoms with Crippen LogP contribution in [0.25, 0.3) is 0 Å². The standard InChI is InChI=1S/C22H25N5O/c23-13-17-11-18(15-24-14-17)16-26-7-9-27(10-8-26)22(28)25-21-6-5-19-3-1-2-4-20(19)12-21/h1-4,11,14-15,21H,5-10,12,16H2,(H,25,28). The molecule has 0 bridgehead atoms. The van der Waals surface area contributed by atoms with Crippen LogP contribution < -0.4 is 5.32 Å². The second-order valence-corrected chi connectivity index (χ2v) is 7.61. The average molecular weight is 375 g/mol. The predicted molar refractivity (Wildman–Crippen MR) is 107 cm³/mol. The van der Waals surface area contributed by atoms with Gasteiger partial charge in [-0.15, -0.1) is 0 Å². The topological polar surface area (TPSA) is 72.3 Å². The van der Waals surface area contributed by atoms with E-state index < -0.39 is 0 Å². The van der Waals surface area contributed by atoms with E-state index in [1.54, 1.807) is 12.4 Å². The molecule has 1 fully saturated rings. The minimum Gasteiger partial charge on any atom is -0.335 e. The van der Waals surface area contributed by atoms with Crippen molar-refractivity contribution in [3.05, 3.63) is 65.0 Å². The lowest BCUT2D eigenvalue weighted by atomic mass is 9.88. The number of benzene rings is 1. The quantitative estimate of drug-likeness (QED) is 0.894. The van der Waals surface area contributed by atoms with E-state index >= 15 is 0 Å². The highest BCUT2D eigenvalue weighted by atomic mass is 16.2. The Hall–Kier alpha value is -2.91. The fourth-order valence-corrected chi connectivity index (χ4v) is 4.09. The van der Waals surface area contributed by atoms with Crippen molar-refractivity contribution in [3.8, 4) is 6.07 Å². The first kappa shape index (κ1) is 18.5. The van der Waals surface area contributed by atoms with Gasteiger partial charge in [0.15, 0.2) is 0 Å². The first-order valence-electron chi connectivity index (χ1n) is 9.90. The summed E-state index contributed by atoms with van der Waals surface area (Å²) < 4.78 is 0. The molecule has 0 saturated carbocycles. The number of nitrogens with one attached hydrogen (secondary N) is 1. The molecule has 2 aliphatic rings. The first-order valence-corrected chi connectivity index (χ1v) is 9.90.